The van der Waals surface area contributed by atoms with Crippen LogP contribution in [0.15, 0.2) is 16.9 Å². The lowest BCUT2D eigenvalue weighted by molar-refractivity contribution is 1.14. The molecule has 0 aliphatic heterocycles. The summed E-state index contributed by atoms with van der Waals surface area (Å²) in [6.45, 7) is 7.99. The van der Waals surface area contributed by atoms with Crippen LogP contribution in [0.2, 0.25) is 0 Å². The third kappa shape index (κ3) is 3.60. The van der Waals surface area contributed by atoms with Gasteiger partial charge >= 0.3 is 0 Å². The third-order valence-corrected chi connectivity index (χ3v) is 1.70. The van der Waals surface area contributed by atoms with Crippen molar-refractivity contribution in [2.45, 2.75) is 34.1 Å². The zero-order valence-electron chi connectivity index (χ0n) is 9.42. The topological polar surface area (TPSA) is 32.9 Å². The highest BCUT2D eigenvalue weighted by atomic mass is 16.1. The number of hydrogen-bond donors (Lipinski definition) is 1. The van der Waals surface area contributed by atoms with Crippen LogP contribution < -0.4 is 16.1 Å². The molecule has 14 heavy (non-hydrogen) atoms. The number of aromatic nitrogens is 1. The van der Waals surface area contributed by atoms with E-state index < -0.39 is 0 Å². The smallest absolute Gasteiger partial charge is 0.248 e. The molecule has 0 radical (unpaired) electrons. The summed E-state index contributed by atoms with van der Waals surface area (Å²) in [6, 6.07) is 3.40. The van der Waals surface area contributed by atoms with E-state index in [1.165, 1.54) is 0 Å². The monoisotopic (exact) mass is 193 g/mol. The zero-order chi connectivity index (χ0) is 11.0. The highest BCUT2D eigenvalue weighted by Crippen LogP contribution is 1.72. The molecule has 78 valence electrons. The maximum absolute atomic E-state index is 10.9. The lowest BCUT2D eigenvalue weighted by atomic mass is 10.3. The first-order chi connectivity index (χ1) is 6.77. The molecule has 1 aromatic heterocycles. The van der Waals surface area contributed by atoms with E-state index in [0.29, 0.717) is 0 Å². The molecule has 1 rings (SSSR count). The van der Waals surface area contributed by atoms with Crippen LogP contribution in [0.25, 0.3) is 12.2 Å². The Morgan fingerprint density at radius 1 is 1.36 bits per heavy atom. The van der Waals surface area contributed by atoms with Gasteiger partial charge in [0, 0.05) is 11.4 Å². The van der Waals surface area contributed by atoms with Crippen LogP contribution >= 0.6 is 0 Å². The number of rotatable bonds is 1. The van der Waals surface area contributed by atoms with Gasteiger partial charge in [-0.15, -0.1) is 0 Å². The summed E-state index contributed by atoms with van der Waals surface area (Å²) in [5.41, 5.74) is -0.0450. The van der Waals surface area contributed by atoms with Crippen LogP contribution in [0.4, 0.5) is 0 Å². The molecule has 0 saturated heterocycles. The van der Waals surface area contributed by atoms with Crippen LogP contribution in [-0.2, 0) is 0 Å². The minimum absolute atomic E-state index is 0.0450. The van der Waals surface area contributed by atoms with Gasteiger partial charge in [-0.1, -0.05) is 32.9 Å². The zero-order valence-corrected chi connectivity index (χ0v) is 9.42. The summed E-state index contributed by atoms with van der Waals surface area (Å²) < 4.78 is 0. The molecular weight excluding hydrogens is 174 g/mol. The predicted molar refractivity (Wildman–Crippen MR) is 62.6 cm³/mol. The normalized spacial score (nSPS) is 12.3. The Morgan fingerprint density at radius 3 is 2.50 bits per heavy atom. The number of hydrogen-bond acceptors (Lipinski definition) is 1. The maximum atomic E-state index is 10.9. The molecule has 2 heteroatoms. The minimum atomic E-state index is -0.0450. The van der Waals surface area contributed by atoms with Crippen molar-refractivity contribution >= 4 is 12.2 Å². The minimum Gasteiger partial charge on any atom is -0.322 e. The Balaban J connectivity index is 0.000000791. The second kappa shape index (κ2) is 7.13. The maximum Gasteiger partial charge on any atom is 0.248 e. The fourth-order valence-corrected chi connectivity index (χ4v) is 1.14. The van der Waals surface area contributed by atoms with Gasteiger partial charge in [0.05, 0.1) is 0 Å². The van der Waals surface area contributed by atoms with Crippen molar-refractivity contribution in [2.24, 2.45) is 0 Å². The molecule has 0 amide bonds. The summed E-state index contributed by atoms with van der Waals surface area (Å²) >= 11 is 0. The van der Waals surface area contributed by atoms with Gasteiger partial charge in [-0.05, 0) is 24.6 Å². The van der Waals surface area contributed by atoms with Crippen LogP contribution in [0.5, 0.6) is 0 Å². The Labute approximate surface area is 85.0 Å². The highest BCUT2D eigenvalue weighted by Gasteiger charge is 1.84. The van der Waals surface area contributed by atoms with E-state index in [9.17, 15) is 4.79 Å². The van der Waals surface area contributed by atoms with E-state index in [4.69, 9.17) is 0 Å². The first kappa shape index (κ1) is 12.7. The van der Waals surface area contributed by atoms with E-state index in [2.05, 4.69) is 18.0 Å². The summed E-state index contributed by atoms with van der Waals surface area (Å²) in [7, 11) is 0. The second-order valence-corrected chi connectivity index (χ2v) is 2.59. The molecule has 1 aromatic rings. The number of nitrogens with one attached hydrogen (secondary N) is 1. The van der Waals surface area contributed by atoms with Crippen LogP contribution in [0.3, 0.4) is 0 Å². The van der Waals surface area contributed by atoms with E-state index in [1.54, 1.807) is 6.07 Å². The van der Waals surface area contributed by atoms with Gasteiger partial charge in [0.15, 0.2) is 0 Å². The van der Waals surface area contributed by atoms with Crippen molar-refractivity contribution in [3.05, 3.63) is 33.1 Å². The molecule has 0 atom stereocenters. The molecule has 0 saturated carbocycles. The Bertz CT molecular complexity index is 415. The van der Waals surface area contributed by atoms with Gasteiger partial charge in [-0.25, -0.2) is 0 Å². The van der Waals surface area contributed by atoms with Crippen LogP contribution in [0.1, 0.15) is 34.1 Å². The molecule has 0 aliphatic rings. The molecule has 2 nitrogen and oxygen atoms in total. The molecule has 0 aliphatic carbocycles. The Kier molecular flexibility index (Phi) is 6.46. The summed E-state index contributed by atoms with van der Waals surface area (Å²) in [5.74, 6) is 0. The fourth-order valence-electron chi connectivity index (χ4n) is 1.14. The molecule has 0 fully saturated rings. The van der Waals surface area contributed by atoms with E-state index >= 15 is 0 Å². The molecule has 0 spiro atoms. The summed E-state index contributed by atoms with van der Waals surface area (Å²) in [6.07, 6.45) is 4.97. The summed E-state index contributed by atoms with van der Waals surface area (Å²) in [4.78, 5) is 13.7. The second-order valence-electron chi connectivity index (χ2n) is 2.59. The quantitative estimate of drug-likeness (QED) is 0.718. The lowest BCUT2D eigenvalue weighted by Crippen LogP contribution is -2.33. The number of pyridine rings is 1. The molecule has 0 aromatic carbocycles. The molecule has 1 N–H and O–H groups in total. The SMILES string of the molecule is C/C=c1/[nH]c(=O)cc/c1=C/CC.CC. The molecule has 0 bridgehead atoms. The molecule has 0 unspecified atom stereocenters. The van der Waals surface area contributed by atoms with Gasteiger partial charge in [-0.2, -0.15) is 0 Å². The Morgan fingerprint density at radius 2 is 2.00 bits per heavy atom. The predicted octanol–water partition coefficient (Wildman–Crippen LogP) is 1.39. The van der Waals surface area contributed by atoms with E-state index in [0.717, 1.165) is 17.0 Å². The summed E-state index contributed by atoms with van der Waals surface area (Å²) in [5, 5.41) is 2.00. The number of aromatic amines is 1. The van der Waals surface area contributed by atoms with Crippen molar-refractivity contribution < 1.29 is 0 Å². The van der Waals surface area contributed by atoms with Crippen molar-refractivity contribution in [3.63, 3.8) is 0 Å². The molecular formula is C12H19NO. The standard InChI is InChI=1S/C10H13NO.C2H6/c1-3-5-8-6-7-10(12)11-9(8)4-2;1-2/h4-7H,3H2,1-2H3,(H,11,12);1-2H3/b8-5-,9-4+;. The van der Waals surface area contributed by atoms with Gasteiger partial charge < -0.3 is 4.98 Å². The Hall–Kier alpha value is -1.31. The van der Waals surface area contributed by atoms with Gasteiger partial charge in [0.1, 0.15) is 0 Å². The van der Waals surface area contributed by atoms with Crippen molar-refractivity contribution in [1.29, 1.82) is 0 Å². The van der Waals surface area contributed by atoms with Gasteiger partial charge in [0.2, 0.25) is 5.56 Å². The number of H-pyrrole nitrogens is 1. The van der Waals surface area contributed by atoms with Gasteiger partial charge in [-0.3, -0.25) is 4.79 Å². The van der Waals surface area contributed by atoms with Crippen LogP contribution in [0, 0.1) is 0 Å². The highest BCUT2D eigenvalue weighted by molar-refractivity contribution is 5.26. The average Bonchev–Trinajstić information content (AvgIpc) is 2.24. The van der Waals surface area contributed by atoms with Crippen LogP contribution in [-0.4, -0.2) is 4.98 Å². The average molecular weight is 193 g/mol. The van der Waals surface area contributed by atoms with Crippen molar-refractivity contribution in [2.75, 3.05) is 0 Å². The molecule has 1 heterocycles. The van der Waals surface area contributed by atoms with E-state index in [-0.39, 0.29) is 5.56 Å². The van der Waals surface area contributed by atoms with Crippen molar-refractivity contribution in [3.8, 4) is 0 Å². The third-order valence-electron chi connectivity index (χ3n) is 1.70. The fraction of sp³-hybridized carbons (Fsp3) is 0.417. The lowest BCUT2D eigenvalue weighted by Gasteiger charge is -1.88. The first-order valence-electron chi connectivity index (χ1n) is 5.13. The van der Waals surface area contributed by atoms with E-state index in [1.807, 2.05) is 32.9 Å². The first-order valence-corrected chi connectivity index (χ1v) is 5.13. The van der Waals surface area contributed by atoms with Gasteiger partial charge in [0.25, 0.3) is 0 Å². The largest absolute Gasteiger partial charge is 0.322 e. The van der Waals surface area contributed by atoms with Crippen molar-refractivity contribution in [1.82, 2.24) is 4.98 Å².